The van der Waals surface area contributed by atoms with E-state index in [-0.39, 0.29) is 12.2 Å². The summed E-state index contributed by atoms with van der Waals surface area (Å²) < 4.78 is 0. The van der Waals surface area contributed by atoms with Crippen LogP contribution in [0.5, 0.6) is 0 Å². The molecule has 1 aromatic heterocycles. The third kappa shape index (κ3) is 2.03. The van der Waals surface area contributed by atoms with Crippen LogP contribution in [0, 0.1) is 0 Å². The predicted octanol–water partition coefficient (Wildman–Crippen LogP) is 1.000. The summed E-state index contributed by atoms with van der Waals surface area (Å²) in [7, 11) is 0. The zero-order chi connectivity index (χ0) is 11.5. The van der Waals surface area contributed by atoms with Gasteiger partial charge in [-0.2, -0.15) is 0 Å². The Balaban J connectivity index is 2.21. The topological polar surface area (TPSA) is 97.8 Å². The van der Waals surface area contributed by atoms with E-state index in [0.29, 0.717) is 22.8 Å². The minimum Gasteiger partial charge on any atom is -0.399 e. The van der Waals surface area contributed by atoms with Crippen LogP contribution in [-0.2, 0) is 6.42 Å². The zero-order valence-electron chi connectivity index (χ0n) is 8.60. The van der Waals surface area contributed by atoms with Crippen molar-refractivity contribution in [3.8, 4) is 0 Å². The summed E-state index contributed by atoms with van der Waals surface area (Å²) in [6.45, 7) is 0. The normalized spacial score (nSPS) is 10.2. The monoisotopic (exact) mass is 216 g/mol. The fraction of sp³-hybridized carbons (Fsp3) is 0.0909. The van der Waals surface area contributed by atoms with Crippen LogP contribution in [0.2, 0.25) is 0 Å². The van der Waals surface area contributed by atoms with Gasteiger partial charge in [-0.15, -0.1) is 0 Å². The number of carbonyl (C=O) groups excluding carboxylic acids is 1. The Morgan fingerprint density at radius 3 is 2.81 bits per heavy atom. The summed E-state index contributed by atoms with van der Waals surface area (Å²) >= 11 is 0. The highest BCUT2D eigenvalue weighted by Crippen LogP contribution is 2.17. The third-order valence-corrected chi connectivity index (χ3v) is 2.26. The molecule has 0 fully saturated rings. The Bertz CT molecular complexity index is 505. The van der Waals surface area contributed by atoms with E-state index in [4.69, 9.17) is 11.5 Å². The average Bonchev–Trinajstić information content (AvgIpc) is 2.70. The molecular formula is C11H12N4O. The van der Waals surface area contributed by atoms with Gasteiger partial charge in [-0.25, -0.2) is 4.98 Å². The van der Waals surface area contributed by atoms with E-state index >= 15 is 0 Å². The molecule has 0 saturated carbocycles. The van der Waals surface area contributed by atoms with Crippen LogP contribution < -0.4 is 11.5 Å². The second kappa shape index (κ2) is 4.06. The van der Waals surface area contributed by atoms with Gasteiger partial charge in [0.15, 0.2) is 5.78 Å². The van der Waals surface area contributed by atoms with Gasteiger partial charge >= 0.3 is 0 Å². The fourth-order valence-electron chi connectivity index (χ4n) is 1.48. The Morgan fingerprint density at radius 1 is 1.38 bits per heavy atom. The molecule has 16 heavy (non-hydrogen) atoms. The minimum absolute atomic E-state index is 0.0764. The number of nitrogens with one attached hydrogen (secondary N) is 1. The molecule has 2 aromatic rings. The molecule has 0 unspecified atom stereocenters. The SMILES string of the molecule is Nc1ccc(C(=O)Cc2ncc[nH]2)c(N)c1. The number of nitrogen functional groups attached to an aromatic ring is 2. The smallest absolute Gasteiger partial charge is 0.172 e. The number of aromatic amines is 1. The van der Waals surface area contributed by atoms with Crippen LogP contribution in [-0.4, -0.2) is 15.8 Å². The number of hydrogen-bond acceptors (Lipinski definition) is 4. The van der Waals surface area contributed by atoms with Crippen molar-refractivity contribution in [3.63, 3.8) is 0 Å². The first-order valence-electron chi connectivity index (χ1n) is 4.83. The van der Waals surface area contributed by atoms with Gasteiger partial charge in [-0.3, -0.25) is 4.79 Å². The van der Waals surface area contributed by atoms with Gasteiger partial charge in [-0.05, 0) is 18.2 Å². The first-order valence-corrected chi connectivity index (χ1v) is 4.83. The van der Waals surface area contributed by atoms with Crippen molar-refractivity contribution in [3.05, 3.63) is 42.0 Å². The van der Waals surface area contributed by atoms with E-state index < -0.39 is 0 Å². The van der Waals surface area contributed by atoms with E-state index in [0.717, 1.165) is 0 Å². The standard InChI is InChI=1S/C11H12N4O/c12-7-1-2-8(9(13)5-7)10(16)6-11-14-3-4-15-11/h1-5H,6,12-13H2,(H,14,15). The van der Waals surface area contributed by atoms with Crippen LogP contribution >= 0.6 is 0 Å². The largest absolute Gasteiger partial charge is 0.399 e. The van der Waals surface area contributed by atoms with Gasteiger partial charge in [0.05, 0.1) is 6.42 Å². The molecule has 0 atom stereocenters. The summed E-state index contributed by atoms with van der Waals surface area (Å²) in [5.74, 6) is 0.550. The van der Waals surface area contributed by atoms with Gasteiger partial charge in [0, 0.05) is 29.3 Å². The highest BCUT2D eigenvalue weighted by molar-refractivity contribution is 6.02. The fourth-order valence-corrected chi connectivity index (χ4v) is 1.48. The lowest BCUT2D eigenvalue weighted by Gasteiger charge is -2.04. The summed E-state index contributed by atoms with van der Waals surface area (Å²) in [6.07, 6.45) is 3.49. The second-order valence-corrected chi connectivity index (χ2v) is 3.48. The van der Waals surface area contributed by atoms with Gasteiger partial charge in [-0.1, -0.05) is 0 Å². The minimum atomic E-state index is -0.0764. The van der Waals surface area contributed by atoms with Crippen molar-refractivity contribution in [2.24, 2.45) is 0 Å². The van der Waals surface area contributed by atoms with Gasteiger partial charge in [0.25, 0.3) is 0 Å². The molecule has 0 aliphatic heterocycles. The van der Waals surface area contributed by atoms with Crippen molar-refractivity contribution in [1.29, 1.82) is 0 Å². The summed E-state index contributed by atoms with van der Waals surface area (Å²) in [6, 6.07) is 4.87. The van der Waals surface area contributed by atoms with Gasteiger partial charge < -0.3 is 16.5 Å². The number of benzene rings is 1. The van der Waals surface area contributed by atoms with Crippen molar-refractivity contribution < 1.29 is 4.79 Å². The quantitative estimate of drug-likeness (QED) is 0.526. The number of rotatable bonds is 3. The van der Waals surface area contributed by atoms with Crippen molar-refractivity contribution >= 4 is 17.2 Å². The molecule has 0 amide bonds. The van der Waals surface area contributed by atoms with Gasteiger partial charge in [0.1, 0.15) is 5.82 Å². The number of Topliss-reactive ketones (excluding diaryl/α,β-unsaturated/α-hetero) is 1. The Kier molecular flexibility index (Phi) is 2.59. The number of nitrogens with two attached hydrogens (primary N) is 2. The maximum absolute atomic E-state index is 11.9. The Labute approximate surface area is 92.5 Å². The number of ketones is 1. The lowest BCUT2D eigenvalue weighted by molar-refractivity contribution is 0.0992. The molecule has 0 aliphatic carbocycles. The second-order valence-electron chi connectivity index (χ2n) is 3.48. The number of carbonyl (C=O) groups is 1. The van der Waals surface area contributed by atoms with Crippen molar-refractivity contribution in [1.82, 2.24) is 9.97 Å². The molecular weight excluding hydrogens is 204 g/mol. The Hall–Kier alpha value is -2.30. The number of H-pyrrole nitrogens is 1. The van der Waals surface area contributed by atoms with E-state index in [1.54, 1.807) is 30.6 Å². The van der Waals surface area contributed by atoms with Crippen molar-refractivity contribution in [2.45, 2.75) is 6.42 Å². The summed E-state index contributed by atoms with van der Waals surface area (Å²) in [4.78, 5) is 18.7. The third-order valence-electron chi connectivity index (χ3n) is 2.26. The highest BCUT2D eigenvalue weighted by Gasteiger charge is 2.11. The van der Waals surface area contributed by atoms with E-state index in [1.165, 1.54) is 0 Å². The number of anilines is 2. The first kappa shape index (κ1) is 10.2. The number of nitrogens with zero attached hydrogens (tertiary/aromatic N) is 1. The zero-order valence-corrected chi connectivity index (χ0v) is 8.60. The molecule has 2 rings (SSSR count). The highest BCUT2D eigenvalue weighted by atomic mass is 16.1. The van der Waals surface area contributed by atoms with E-state index in [9.17, 15) is 4.79 Å². The molecule has 1 heterocycles. The number of aromatic nitrogens is 2. The van der Waals surface area contributed by atoms with Crippen LogP contribution in [0.25, 0.3) is 0 Å². The molecule has 0 aliphatic rings. The molecule has 0 saturated heterocycles. The molecule has 1 aromatic carbocycles. The Morgan fingerprint density at radius 2 is 2.19 bits per heavy atom. The molecule has 0 radical (unpaired) electrons. The molecule has 5 nitrogen and oxygen atoms in total. The predicted molar refractivity (Wildman–Crippen MR) is 61.9 cm³/mol. The lowest BCUT2D eigenvalue weighted by atomic mass is 10.1. The number of imidazole rings is 1. The molecule has 5 heteroatoms. The molecule has 5 N–H and O–H groups in total. The van der Waals surface area contributed by atoms with E-state index in [2.05, 4.69) is 9.97 Å². The van der Waals surface area contributed by atoms with Crippen LogP contribution in [0.3, 0.4) is 0 Å². The summed E-state index contributed by atoms with van der Waals surface area (Å²) in [5, 5.41) is 0. The lowest BCUT2D eigenvalue weighted by Crippen LogP contribution is -2.08. The van der Waals surface area contributed by atoms with Crippen LogP contribution in [0.4, 0.5) is 11.4 Å². The van der Waals surface area contributed by atoms with Crippen molar-refractivity contribution in [2.75, 3.05) is 11.5 Å². The summed E-state index contributed by atoms with van der Waals surface area (Å²) in [5.41, 5.74) is 12.7. The number of hydrogen-bond donors (Lipinski definition) is 3. The van der Waals surface area contributed by atoms with E-state index in [1.807, 2.05) is 0 Å². The molecule has 0 bridgehead atoms. The maximum atomic E-state index is 11.9. The first-order chi connectivity index (χ1) is 7.66. The van der Waals surface area contributed by atoms with Crippen LogP contribution in [0.15, 0.2) is 30.6 Å². The molecule has 0 spiro atoms. The average molecular weight is 216 g/mol. The molecule has 82 valence electrons. The maximum Gasteiger partial charge on any atom is 0.172 e. The van der Waals surface area contributed by atoms with Gasteiger partial charge in [0.2, 0.25) is 0 Å². The van der Waals surface area contributed by atoms with Crippen LogP contribution in [0.1, 0.15) is 16.2 Å².